The minimum absolute atomic E-state index is 0.166. The van der Waals surface area contributed by atoms with Gasteiger partial charge in [0.1, 0.15) is 0 Å². The highest BCUT2D eigenvalue weighted by Gasteiger charge is 2.13. The summed E-state index contributed by atoms with van der Waals surface area (Å²) in [5.41, 5.74) is 4.17. The number of sulfonamides is 1. The molecule has 3 aromatic rings. The molecule has 1 amide bonds. The van der Waals surface area contributed by atoms with Crippen LogP contribution in [0.15, 0.2) is 101 Å². The first-order valence-electron chi connectivity index (χ1n) is 8.78. The first-order valence-corrected chi connectivity index (χ1v) is 10.3. The van der Waals surface area contributed by atoms with Crippen molar-refractivity contribution in [1.82, 2.24) is 5.43 Å². The van der Waals surface area contributed by atoms with Crippen molar-refractivity contribution in [3.05, 3.63) is 102 Å². The highest BCUT2D eigenvalue weighted by Crippen LogP contribution is 2.16. The van der Waals surface area contributed by atoms with E-state index in [1.54, 1.807) is 24.3 Å². The maximum absolute atomic E-state index is 12.3. The number of benzene rings is 3. The minimum atomic E-state index is -3.67. The predicted molar refractivity (Wildman–Crippen MR) is 115 cm³/mol. The molecule has 3 rings (SSSR count). The molecule has 7 heteroatoms. The van der Waals surface area contributed by atoms with Gasteiger partial charge in [-0.15, -0.1) is 0 Å². The Bertz CT molecular complexity index is 1110. The number of amides is 1. The summed E-state index contributed by atoms with van der Waals surface area (Å²) in [6.45, 7) is 0. The van der Waals surface area contributed by atoms with E-state index in [-0.39, 0.29) is 4.90 Å². The number of carbonyl (C=O) groups excluding carboxylic acids is 1. The summed E-state index contributed by atoms with van der Waals surface area (Å²) >= 11 is 0. The summed E-state index contributed by atoms with van der Waals surface area (Å²) < 4.78 is 27.1. The van der Waals surface area contributed by atoms with E-state index in [0.29, 0.717) is 11.3 Å². The Morgan fingerprint density at radius 2 is 1.45 bits per heavy atom. The van der Waals surface area contributed by atoms with Crippen LogP contribution in [0, 0.1) is 0 Å². The molecule has 0 aliphatic heterocycles. The van der Waals surface area contributed by atoms with Gasteiger partial charge in [-0.3, -0.25) is 9.52 Å². The van der Waals surface area contributed by atoms with Gasteiger partial charge >= 0.3 is 0 Å². The fourth-order valence-corrected chi connectivity index (χ4v) is 3.50. The summed E-state index contributed by atoms with van der Waals surface area (Å²) in [7, 11) is -3.67. The van der Waals surface area contributed by atoms with Crippen LogP contribution in [0.5, 0.6) is 0 Å². The molecule has 0 aromatic heterocycles. The van der Waals surface area contributed by atoms with Crippen molar-refractivity contribution in [1.29, 1.82) is 0 Å². The number of hydrazone groups is 1. The van der Waals surface area contributed by atoms with Crippen LogP contribution in [-0.4, -0.2) is 20.5 Å². The van der Waals surface area contributed by atoms with Crippen molar-refractivity contribution in [2.45, 2.75) is 4.90 Å². The average molecular weight is 405 g/mol. The molecule has 0 unspecified atom stereocenters. The van der Waals surface area contributed by atoms with Crippen LogP contribution in [0.25, 0.3) is 6.08 Å². The van der Waals surface area contributed by atoms with Crippen LogP contribution >= 0.6 is 0 Å². The predicted octanol–water partition coefficient (Wildman–Crippen LogP) is 3.92. The standard InChI is InChI=1S/C22H19N3O3S/c26-22(24-23-17-7-10-18-8-3-1-4-9-18)19-13-15-20(16-14-19)25-29(27,28)21-11-5-2-6-12-21/h1-17,25H,(H,24,26)/b10-7+,23-17+. The third kappa shape index (κ3) is 5.88. The molecule has 0 atom stereocenters. The summed E-state index contributed by atoms with van der Waals surface area (Å²) in [5, 5.41) is 3.86. The van der Waals surface area contributed by atoms with Crippen LogP contribution in [0.4, 0.5) is 5.69 Å². The fourth-order valence-electron chi connectivity index (χ4n) is 2.43. The molecule has 0 bridgehead atoms. The van der Waals surface area contributed by atoms with Crippen LogP contribution < -0.4 is 10.1 Å². The molecule has 6 nitrogen and oxygen atoms in total. The van der Waals surface area contributed by atoms with E-state index in [9.17, 15) is 13.2 Å². The van der Waals surface area contributed by atoms with Gasteiger partial charge in [0.05, 0.1) is 4.90 Å². The third-order valence-corrected chi connectivity index (χ3v) is 5.26. The zero-order valence-corrected chi connectivity index (χ0v) is 16.2. The Hall–Kier alpha value is -3.71. The van der Waals surface area contributed by atoms with Crippen LogP contribution in [0.3, 0.4) is 0 Å². The smallest absolute Gasteiger partial charge is 0.271 e. The highest BCUT2D eigenvalue weighted by molar-refractivity contribution is 7.92. The fraction of sp³-hybridized carbons (Fsp3) is 0. The summed E-state index contributed by atoms with van der Waals surface area (Å²) in [6.07, 6.45) is 5.06. The minimum Gasteiger partial charge on any atom is -0.280 e. The molecule has 0 aliphatic rings. The van der Waals surface area contributed by atoms with Crippen molar-refractivity contribution in [3.8, 4) is 0 Å². The van der Waals surface area contributed by atoms with Crippen LogP contribution in [0.1, 0.15) is 15.9 Å². The van der Waals surface area contributed by atoms with Gasteiger partial charge in [-0.1, -0.05) is 54.6 Å². The highest BCUT2D eigenvalue weighted by atomic mass is 32.2. The number of rotatable bonds is 7. The van der Waals surface area contributed by atoms with Gasteiger partial charge < -0.3 is 0 Å². The number of allylic oxidation sites excluding steroid dienone is 1. The number of anilines is 1. The van der Waals surface area contributed by atoms with Crippen molar-refractivity contribution in [2.24, 2.45) is 5.10 Å². The number of hydrogen-bond acceptors (Lipinski definition) is 4. The Morgan fingerprint density at radius 3 is 2.10 bits per heavy atom. The van der Waals surface area contributed by atoms with Gasteiger partial charge in [0.25, 0.3) is 15.9 Å². The molecule has 0 heterocycles. The molecule has 0 spiro atoms. The van der Waals surface area contributed by atoms with Gasteiger partial charge in [-0.2, -0.15) is 5.10 Å². The van der Waals surface area contributed by atoms with Crippen molar-refractivity contribution in [3.63, 3.8) is 0 Å². The molecule has 146 valence electrons. The van der Waals surface area contributed by atoms with Crippen molar-refractivity contribution in [2.75, 3.05) is 4.72 Å². The Labute approximate surface area is 169 Å². The monoisotopic (exact) mass is 405 g/mol. The van der Waals surface area contributed by atoms with E-state index in [0.717, 1.165) is 5.56 Å². The molecular formula is C22H19N3O3S. The topological polar surface area (TPSA) is 87.6 Å². The second-order valence-electron chi connectivity index (χ2n) is 5.98. The lowest BCUT2D eigenvalue weighted by Gasteiger charge is -2.08. The van der Waals surface area contributed by atoms with E-state index >= 15 is 0 Å². The largest absolute Gasteiger partial charge is 0.280 e. The normalized spacial score (nSPS) is 11.6. The molecule has 0 fully saturated rings. The van der Waals surface area contributed by atoms with E-state index in [1.165, 1.54) is 42.6 Å². The lowest BCUT2D eigenvalue weighted by Crippen LogP contribution is -2.17. The van der Waals surface area contributed by atoms with Gasteiger partial charge in [0.15, 0.2) is 0 Å². The maximum Gasteiger partial charge on any atom is 0.271 e. The maximum atomic E-state index is 12.3. The second kappa shape index (κ2) is 9.48. The number of hydrogen-bond donors (Lipinski definition) is 2. The van der Waals surface area contributed by atoms with Crippen molar-refractivity contribution < 1.29 is 13.2 Å². The Kier molecular flexibility index (Phi) is 6.55. The zero-order chi connectivity index (χ0) is 20.5. The third-order valence-electron chi connectivity index (χ3n) is 3.87. The second-order valence-corrected chi connectivity index (χ2v) is 7.67. The van der Waals surface area contributed by atoms with Gasteiger partial charge in [-0.25, -0.2) is 13.8 Å². The lowest BCUT2D eigenvalue weighted by molar-refractivity contribution is 0.0955. The summed E-state index contributed by atoms with van der Waals surface area (Å²) in [6, 6.07) is 23.9. The molecule has 0 radical (unpaired) electrons. The molecule has 2 N–H and O–H groups in total. The van der Waals surface area contributed by atoms with E-state index in [1.807, 2.05) is 36.4 Å². The Morgan fingerprint density at radius 1 is 0.828 bits per heavy atom. The van der Waals surface area contributed by atoms with Gasteiger partial charge in [0, 0.05) is 17.5 Å². The molecule has 0 saturated carbocycles. The molecular weight excluding hydrogens is 386 g/mol. The first kappa shape index (κ1) is 20.0. The average Bonchev–Trinajstić information content (AvgIpc) is 2.75. The number of nitrogens with one attached hydrogen (secondary N) is 2. The van der Waals surface area contributed by atoms with E-state index < -0.39 is 15.9 Å². The quantitative estimate of drug-likeness (QED) is 0.461. The molecule has 29 heavy (non-hydrogen) atoms. The van der Waals surface area contributed by atoms with E-state index in [4.69, 9.17) is 0 Å². The first-order chi connectivity index (χ1) is 14.0. The molecule has 0 aliphatic carbocycles. The van der Waals surface area contributed by atoms with Crippen molar-refractivity contribution >= 4 is 33.9 Å². The lowest BCUT2D eigenvalue weighted by atomic mass is 10.2. The van der Waals surface area contributed by atoms with E-state index in [2.05, 4.69) is 15.2 Å². The zero-order valence-electron chi connectivity index (χ0n) is 15.4. The van der Waals surface area contributed by atoms with Crippen LogP contribution in [-0.2, 0) is 10.0 Å². The summed E-state index contributed by atoms with van der Waals surface area (Å²) in [4.78, 5) is 12.3. The number of carbonyl (C=O) groups is 1. The van der Waals surface area contributed by atoms with Crippen LogP contribution in [0.2, 0.25) is 0 Å². The van der Waals surface area contributed by atoms with Gasteiger partial charge in [-0.05, 0) is 48.0 Å². The molecule has 0 saturated heterocycles. The van der Waals surface area contributed by atoms with Gasteiger partial charge in [0.2, 0.25) is 0 Å². The Balaban J connectivity index is 1.56. The molecule has 3 aromatic carbocycles. The SMILES string of the molecule is O=C(N/N=C/C=C/c1ccccc1)c1ccc(NS(=O)(=O)c2ccccc2)cc1. The summed E-state index contributed by atoms with van der Waals surface area (Å²) in [5.74, 6) is -0.396. The number of nitrogens with zero attached hydrogens (tertiary/aromatic N) is 1.